The van der Waals surface area contributed by atoms with Crippen LogP contribution in [0.3, 0.4) is 0 Å². The average molecular weight is 516 g/mol. The lowest BCUT2D eigenvalue weighted by Gasteiger charge is -2.45. The number of hydrazone groups is 1. The Morgan fingerprint density at radius 1 is 0.821 bits per heavy atom. The molecule has 4 aromatic rings. The second-order valence-electron chi connectivity index (χ2n) is 10.1. The Morgan fingerprint density at radius 2 is 1.38 bits per heavy atom. The number of allylic oxidation sites excluding steroid dienone is 1. The highest BCUT2D eigenvalue weighted by atomic mass is 19.1. The number of fused-ring (bicyclic) bond motifs is 1. The second kappa shape index (κ2) is 10.3. The van der Waals surface area contributed by atoms with Crippen molar-refractivity contribution in [2.24, 2.45) is 11.0 Å². The number of halogens is 1. The summed E-state index contributed by atoms with van der Waals surface area (Å²) in [4.78, 5) is 3.79. The molecule has 0 amide bonds. The van der Waals surface area contributed by atoms with E-state index in [0.717, 1.165) is 28.2 Å². The predicted octanol–water partition coefficient (Wildman–Crippen LogP) is 7.10. The maximum atomic E-state index is 14.4. The average Bonchev–Trinajstić information content (AvgIpc) is 3.34. The minimum Gasteiger partial charge on any atom is -0.491 e. The van der Waals surface area contributed by atoms with Crippen molar-refractivity contribution in [2.75, 3.05) is 0 Å². The quantitative estimate of drug-likeness (QED) is 0.195. The van der Waals surface area contributed by atoms with Crippen LogP contribution in [0.5, 0.6) is 0 Å². The van der Waals surface area contributed by atoms with Crippen molar-refractivity contribution in [3.8, 4) is 0 Å². The van der Waals surface area contributed by atoms with Gasteiger partial charge in [0, 0.05) is 17.8 Å². The van der Waals surface area contributed by atoms with E-state index in [2.05, 4.69) is 94.9 Å². The van der Waals surface area contributed by atoms with Gasteiger partial charge in [0.2, 0.25) is 5.95 Å². The highest BCUT2D eigenvalue weighted by Crippen LogP contribution is 2.48. The van der Waals surface area contributed by atoms with Crippen LogP contribution in [0.1, 0.15) is 36.1 Å². The lowest BCUT2D eigenvalue weighted by Crippen LogP contribution is -2.49. The molecule has 0 spiro atoms. The minimum atomic E-state index is -0.755. The van der Waals surface area contributed by atoms with E-state index in [9.17, 15) is 4.39 Å². The first-order valence-corrected chi connectivity index (χ1v) is 13.3. The van der Waals surface area contributed by atoms with Crippen LogP contribution in [-0.4, -0.2) is 27.9 Å². The normalized spacial score (nSPS) is 18.5. The van der Waals surface area contributed by atoms with E-state index >= 15 is 0 Å². The van der Waals surface area contributed by atoms with Gasteiger partial charge in [-0.1, -0.05) is 97.1 Å². The molecule has 2 aliphatic rings. The molecule has 0 fully saturated rings. The first-order chi connectivity index (χ1) is 19.1. The number of pyridine rings is 1. The number of aromatic nitrogens is 1. The SMILES string of the molecule is CC(C)OC1=CC2C(c3ccnc(F)c3)=NN(C(c3ccccc3)(c3ccccc3)c3ccccc3)C2C=C1. The summed E-state index contributed by atoms with van der Waals surface area (Å²) in [5.41, 5.74) is 4.01. The molecule has 2 heterocycles. The van der Waals surface area contributed by atoms with Crippen LogP contribution in [-0.2, 0) is 10.3 Å². The molecule has 0 radical (unpaired) electrons. The molecule has 0 saturated heterocycles. The largest absolute Gasteiger partial charge is 0.491 e. The fourth-order valence-corrected chi connectivity index (χ4v) is 5.76. The van der Waals surface area contributed by atoms with Crippen molar-refractivity contribution in [2.45, 2.75) is 31.5 Å². The summed E-state index contributed by atoms with van der Waals surface area (Å²) in [6.07, 6.45) is 7.85. The van der Waals surface area contributed by atoms with Gasteiger partial charge in [-0.3, -0.25) is 5.01 Å². The molecule has 3 aromatic carbocycles. The molecule has 1 aromatic heterocycles. The molecule has 194 valence electrons. The van der Waals surface area contributed by atoms with Crippen molar-refractivity contribution in [1.29, 1.82) is 0 Å². The van der Waals surface area contributed by atoms with Gasteiger partial charge in [0.1, 0.15) is 11.3 Å². The molecule has 1 aliphatic carbocycles. The van der Waals surface area contributed by atoms with E-state index in [-0.39, 0.29) is 18.1 Å². The van der Waals surface area contributed by atoms with Gasteiger partial charge in [0.25, 0.3) is 0 Å². The molecular weight excluding hydrogens is 485 g/mol. The highest BCUT2D eigenvalue weighted by Gasteiger charge is 2.50. The Morgan fingerprint density at radius 3 is 1.90 bits per heavy atom. The van der Waals surface area contributed by atoms with Gasteiger partial charge < -0.3 is 4.74 Å². The lowest BCUT2D eigenvalue weighted by atomic mass is 9.75. The number of nitrogens with zero attached hydrogens (tertiary/aromatic N) is 3. The standard InChI is InChI=1S/C34H30FN3O/c1-24(2)39-29-18-19-31-30(23-29)33(25-20-21-36-32(35)22-25)37-38(31)34(26-12-6-3-7-13-26,27-14-8-4-9-15-27)28-16-10-5-11-17-28/h3-24,30-31H,1-2H3. The Kier molecular flexibility index (Phi) is 6.57. The summed E-state index contributed by atoms with van der Waals surface area (Å²) in [6, 6.07) is 34.6. The molecule has 0 N–H and O–H groups in total. The molecule has 0 saturated carbocycles. The molecular formula is C34H30FN3O. The minimum absolute atomic E-state index is 0.0331. The third kappa shape index (κ3) is 4.44. The van der Waals surface area contributed by atoms with Crippen molar-refractivity contribution in [1.82, 2.24) is 9.99 Å². The van der Waals surface area contributed by atoms with Gasteiger partial charge in [0.15, 0.2) is 0 Å². The molecule has 5 heteroatoms. The van der Waals surface area contributed by atoms with Crippen molar-refractivity contribution in [3.05, 3.63) is 162 Å². The Labute approximate surface area is 228 Å². The fraction of sp³-hybridized carbons (Fsp3) is 0.176. The van der Waals surface area contributed by atoms with E-state index in [4.69, 9.17) is 9.84 Å². The molecule has 2 unspecified atom stereocenters. The fourth-order valence-electron chi connectivity index (χ4n) is 5.76. The van der Waals surface area contributed by atoms with Crippen molar-refractivity contribution in [3.63, 3.8) is 0 Å². The van der Waals surface area contributed by atoms with Gasteiger partial charge in [-0.15, -0.1) is 0 Å². The third-order valence-electron chi connectivity index (χ3n) is 7.30. The van der Waals surface area contributed by atoms with Gasteiger partial charge >= 0.3 is 0 Å². The van der Waals surface area contributed by atoms with Crippen molar-refractivity contribution < 1.29 is 9.13 Å². The smallest absolute Gasteiger partial charge is 0.213 e. The van der Waals surface area contributed by atoms with Crippen molar-refractivity contribution >= 4 is 5.71 Å². The monoisotopic (exact) mass is 515 g/mol. The number of benzene rings is 3. The number of ether oxygens (including phenoxy) is 1. The maximum absolute atomic E-state index is 14.4. The summed E-state index contributed by atoms with van der Waals surface area (Å²) in [7, 11) is 0. The summed E-state index contributed by atoms with van der Waals surface area (Å²) in [5.74, 6) is 0.112. The Bertz CT molecular complexity index is 1430. The third-order valence-corrected chi connectivity index (χ3v) is 7.30. The zero-order chi connectivity index (χ0) is 26.8. The summed E-state index contributed by atoms with van der Waals surface area (Å²) >= 11 is 0. The van der Waals surface area contributed by atoms with E-state index in [1.54, 1.807) is 0 Å². The van der Waals surface area contributed by atoms with E-state index in [1.165, 1.54) is 12.3 Å². The second-order valence-corrected chi connectivity index (χ2v) is 10.1. The van der Waals surface area contributed by atoms with Crippen LogP contribution in [0.2, 0.25) is 0 Å². The molecule has 1 aliphatic heterocycles. The first kappa shape index (κ1) is 24.8. The lowest BCUT2D eigenvalue weighted by molar-refractivity contribution is 0.126. The van der Waals surface area contributed by atoms with E-state index in [1.807, 2.05) is 44.2 Å². The summed E-state index contributed by atoms with van der Waals surface area (Å²) < 4.78 is 20.5. The van der Waals surface area contributed by atoms with Crippen LogP contribution in [0, 0.1) is 11.9 Å². The van der Waals surface area contributed by atoms with Gasteiger partial charge in [-0.25, -0.2) is 4.98 Å². The van der Waals surface area contributed by atoms with Crippen LogP contribution in [0.25, 0.3) is 0 Å². The number of hydrogen-bond donors (Lipinski definition) is 0. The van der Waals surface area contributed by atoms with E-state index < -0.39 is 11.5 Å². The molecule has 0 bridgehead atoms. The van der Waals surface area contributed by atoms with Crippen LogP contribution < -0.4 is 0 Å². The van der Waals surface area contributed by atoms with Crippen LogP contribution in [0.15, 0.2) is 138 Å². The number of rotatable bonds is 7. The topological polar surface area (TPSA) is 37.7 Å². The Balaban J connectivity index is 1.64. The summed E-state index contributed by atoms with van der Waals surface area (Å²) in [5, 5.41) is 7.56. The number of hydrogen-bond acceptors (Lipinski definition) is 4. The van der Waals surface area contributed by atoms with E-state index in [0.29, 0.717) is 5.56 Å². The van der Waals surface area contributed by atoms with Gasteiger partial charge in [-0.05, 0) is 48.8 Å². The van der Waals surface area contributed by atoms with Crippen LogP contribution >= 0.6 is 0 Å². The van der Waals surface area contributed by atoms with Crippen LogP contribution in [0.4, 0.5) is 4.39 Å². The molecule has 2 atom stereocenters. The maximum Gasteiger partial charge on any atom is 0.213 e. The zero-order valence-corrected chi connectivity index (χ0v) is 22.0. The van der Waals surface area contributed by atoms with Gasteiger partial charge in [-0.2, -0.15) is 9.49 Å². The molecule has 39 heavy (non-hydrogen) atoms. The summed E-state index contributed by atoms with van der Waals surface area (Å²) in [6.45, 7) is 4.03. The molecule has 6 rings (SSSR count). The highest BCUT2D eigenvalue weighted by molar-refractivity contribution is 6.05. The Hall–Kier alpha value is -4.51. The molecule has 4 nitrogen and oxygen atoms in total. The first-order valence-electron chi connectivity index (χ1n) is 13.3. The predicted molar refractivity (Wildman–Crippen MR) is 153 cm³/mol. The van der Waals surface area contributed by atoms with Gasteiger partial charge in [0.05, 0.1) is 23.8 Å². The zero-order valence-electron chi connectivity index (χ0n) is 22.0.